The predicted molar refractivity (Wildman–Crippen MR) is 45.1 cm³/mol. The Morgan fingerprint density at radius 1 is 1.23 bits per heavy atom. The van der Waals surface area contributed by atoms with Gasteiger partial charge in [0.25, 0.3) is 0 Å². The smallest absolute Gasteiger partial charge is 0.305 e. The van der Waals surface area contributed by atoms with E-state index in [9.17, 15) is 4.79 Å². The Labute approximate surface area is 111 Å². The van der Waals surface area contributed by atoms with E-state index >= 15 is 0 Å². The number of carbonyl (C=O) groups excluding carboxylic acids is 1. The Morgan fingerprint density at radius 3 is 2.23 bits per heavy atom. The zero-order valence-electron chi connectivity index (χ0n) is 8.35. The van der Waals surface area contributed by atoms with Crippen LogP contribution >= 0.6 is 0 Å². The Balaban J connectivity index is -0.000000500. The topological polar surface area (TPSA) is 26.3 Å². The summed E-state index contributed by atoms with van der Waals surface area (Å²) < 4.78 is 4.51. The molecule has 0 unspecified atom stereocenters. The summed E-state index contributed by atoms with van der Waals surface area (Å²) >= 11 is 0. The minimum absolute atomic E-state index is 0. The first-order valence-electron chi connectivity index (χ1n) is 4.17. The standard InChI is InChI=1S/C9H17O2.HI.Zn/c1-3-4-5-6-7-8-9(10)11-2;;/h1,3-8H2,2H3;1H;/p-1. The second-order valence-corrected chi connectivity index (χ2v) is 2.59. The van der Waals surface area contributed by atoms with Crippen LogP contribution in [0.5, 0.6) is 0 Å². The van der Waals surface area contributed by atoms with Crippen molar-refractivity contribution < 1.29 is 53.0 Å². The average molecular weight is 350 g/mol. The third-order valence-corrected chi connectivity index (χ3v) is 1.61. The molecule has 0 amide bonds. The van der Waals surface area contributed by atoms with Gasteiger partial charge in [-0.1, -0.05) is 32.6 Å². The van der Waals surface area contributed by atoms with Gasteiger partial charge >= 0.3 is 5.97 Å². The summed E-state index contributed by atoms with van der Waals surface area (Å²) in [5, 5.41) is 0. The molecule has 0 aliphatic rings. The summed E-state index contributed by atoms with van der Waals surface area (Å²) in [6.07, 6.45) is 5.98. The van der Waals surface area contributed by atoms with Gasteiger partial charge in [-0.3, -0.25) is 4.79 Å². The molecule has 0 aromatic carbocycles. The second kappa shape index (κ2) is 15.3. The van der Waals surface area contributed by atoms with E-state index in [1.165, 1.54) is 20.0 Å². The molecule has 0 aromatic heterocycles. The van der Waals surface area contributed by atoms with E-state index in [-0.39, 0.29) is 49.4 Å². The number of methoxy groups -OCH3 is 1. The van der Waals surface area contributed by atoms with Crippen molar-refractivity contribution in [2.75, 3.05) is 7.11 Å². The maximum absolute atomic E-state index is 10.6. The van der Waals surface area contributed by atoms with Gasteiger partial charge in [0.2, 0.25) is 0 Å². The van der Waals surface area contributed by atoms with Crippen molar-refractivity contribution in [2.45, 2.75) is 38.5 Å². The normalized spacial score (nSPS) is 8.15. The molecule has 0 bridgehead atoms. The summed E-state index contributed by atoms with van der Waals surface area (Å²) in [4.78, 5) is 10.6. The largest absolute Gasteiger partial charge is 1.00 e. The first-order chi connectivity index (χ1) is 5.31. The molecule has 13 heavy (non-hydrogen) atoms. The van der Waals surface area contributed by atoms with Gasteiger partial charge in [0.15, 0.2) is 0 Å². The van der Waals surface area contributed by atoms with E-state index in [4.69, 9.17) is 0 Å². The van der Waals surface area contributed by atoms with Crippen molar-refractivity contribution >= 4 is 5.97 Å². The number of carbonyl (C=O) groups is 1. The van der Waals surface area contributed by atoms with Crippen molar-refractivity contribution in [3.05, 3.63) is 6.92 Å². The second-order valence-electron chi connectivity index (χ2n) is 2.59. The molecule has 0 saturated heterocycles. The number of rotatable bonds is 6. The molecule has 0 N–H and O–H groups in total. The molecule has 0 heterocycles. The van der Waals surface area contributed by atoms with Crippen LogP contribution in [0.4, 0.5) is 0 Å². The van der Waals surface area contributed by atoms with Crippen LogP contribution in [0.1, 0.15) is 38.5 Å². The number of halogens is 1. The number of unbranched alkanes of at least 4 members (excludes halogenated alkanes) is 4. The molecule has 0 rings (SSSR count). The third kappa shape index (κ3) is 15.6. The van der Waals surface area contributed by atoms with Crippen molar-refractivity contribution in [3.8, 4) is 0 Å². The fourth-order valence-corrected chi connectivity index (χ4v) is 0.902. The molecule has 0 aliphatic heterocycles. The third-order valence-electron chi connectivity index (χ3n) is 1.61. The van der Waals surface area contributed by atoms with Crippen molar-refractivity contribution in [1.82, 2.24) is 0 Å². The van der Waals surface area contributed by atoms with E-state index in [2.05, 4.69) is 11.7 Å². The molecule has 0 fully saturated rings. The number of ether oxygens (including phenoxy) is 1. The SMILES string of the molecule is [CH2]CCCCCCC(=O)OC.[I-].[Zn]. The zero-order valence-corrected chi connectivity index (χ0v) is 13.5. The van der Waals surface area contributed by atoms with E-state index < -0.39 is 0 Å². The Bertz CT molecular complexity index is 110. The minimum atomic E-state index is -0.0976. The fourth-order valence-electron chi connectivity index (χ4n) is 0.902. The van der Waals surface area contributed by atoms with Crippen LogP contribution in [0.3, 0.4) is 0 Å². The van der Waals surface area contributed by atoms with Crippen LogP contribution in [0.2, 0.25) is 0 Å². The van der Waals surface area contributed by atoms with Crippen LogP contribution in [0.25, 0.3) is 0 Å². The van der Waals surface area contributed by atoms with Crippen molar-refractivity contribution in [1.29, 1.82) is 0 Å². The molecular weight excluding hydrogens is 332 g/mol. The average Bonchev–Trinajstić information content (AvgIpc) is 2.04. The quantitative estimate of drug-likeness (QED) is 0.275. The van der Waals surface area contributed by atoms with Gasteiger partial charge in [-0.05, 0) is 6.42 Å². The van der Waals surface area contributed by atoms with Crippen LogP contribution < -0.4 is 24.0 Å². The van der Waals surface area contributed by atoms with Gasteiger partial charge in [-0.25, -0.2) is 0 Å². The molecule has 2 nitrogen and oxygen atoms in total. The molecule has 0 spiro atoms. The summed E-state index contributed by atoms with van der Waals surface area (Å²) in [5.74, 6) is -0.0976. The minimum Gasteiger partial charge on any atom is -1.00 e. The van der Waals surface area contributed by atoms with E-state index in [0.717, 1.165) is 19.3 Å². The molecule has 75 valence electrons. The maximum atomic E-state index is 10.6. The van der Waals surface area contributed by atoms with Crippen molar-refractivity contribution in [2.24, 2.45) is 0 Å². The number of hydrogen-bond donors (Lipinski definition) is 0. The zero-order chi connectivity index (χ0) is 8.53. The van der Waals surface area contributed by atoms with Crippen LogP contribution in [-0.4, -0.2) is 13.1 Å². The molecule has 0 saturated carbocycles. The van der Waals surface area contributed by atoms with Crippen molar-refractivity contribution in [3.63, 3.8) is 0 Å². The first-order valence-corrected chi connectivity index (χ1v) is 4.17. The first kappa shape index (κ1) is 19.4. The number of esters is 1. The monoisotopic (exact) mass is 348 g/mol. The van der Waals surface area contributed by atoms with Gasteiger partial charge in [0.1, 0.15) is 0 Å². The maximum Gasteiger partial charge on any atom is 0.305 e. The van der Waals surface area contributed by atoms with Crippen LogP contribution in [0, 0.1) is 6.92 Å². The van der Waals surface area contributed by atoms with E-state index in [0.29, 0.717) is 6.42 Å². The summed E-state index contributed by atoms with van der Waals surface area (Å²) in [6, 6.07) is 0. The van der Waals surface area contributed by atoms with Gasteiger partial charge < -0.3 is 28.7 Å². The molecule has 0 aliphatic carbocycles. The van der Waals surface area contributed by atoms with Gasteiger partial charge in [-0.2, -0.15) is 0 Å². The van der Waals surface area contributed by atoms with Crippen LogP contribution in [0.15, 0.2) is 0 Å². The predicted octanol–water partition coefficient (Wildman–Crippen LogP) is -0.664. The summed E-state index contributed by atoms with van der Waals surface area (Å²) in [7, 11) is 1.43. The summed E-state index contributed by atoms with van der Waals surface area (Å²) in [6.45, 7) is 3.74. The molecule has 1 radical (unpaired) electrons. The van der Waals surface area contributed by atoms with E-state index in [1.54, 1.807) is 0 Å². The number of hydrogen-bond acceptors (Lipinski definition) is 2. The van der Waals surface area contributed by atoms with Gasteiger partial charge in [-0.15, -0.1) is 0 Å². The van der Waals surface area contributed by atoms with E-state index in [1.807, 2.05) is 0 Å². The Morgan fingerprint density at radius 2 is 1.77 bits per heavy atom. The van der Waals surface area contributed by atoms with Gasteiger partial charge in [0, 0.05) is 25.9 Å². The Hall–Kier alpha value is 0.823. The molecule has 0 atom stereocenters. The van der Waals surface area contributed by atoms with Crippen LogP contribution in [-0.2, 0) is 29.0 Å². The molecule has 0 aromatic rings. The summed E-state index contributed by atoms with van der Waals surface area (Å²) in [5.41, 5.74) is 0. The Kier molecular flexibility index (Phi) is 22.8. The molecular formula is C9H17IO2Zn-. The fraction of sp³-hybridized carbons (Fsp3) is 0.778. The van der Waals surface area contributed by atoms with Gasteiger partial charge in [0.05, 0.1) is 7.11 Å². The molecule has 4 heteroatoms.